The van der Waals surface area contributed by atoms with Gasteiger partial charge in [-0.1, -0.05) is 72.8 Å². The van der Waals surface area contributed by atoms with Gasteiger partial charge in [-0.2, -0.15) is 0 Å². The summed E-state index contributed by atoms with van der Waals surface area (Å²) in [6.45, 7) is 0. The van der Waals surface area contributed by atoms with Crippen LogP contribution in [0.1, 0.15) is 0 Å². The van der Waals surface area contributed by atoms with E-state index >= 15 is 0 Å². The van der Waals surface area contributed by atoms with E-state index in [-0.39, 0.29) is 0 Å². The Bertz CT molecular complexity index is 919. The molecule has 0 heterocycles. The summed E-state index contributed by atoms with van der Waals surface area (Å²) in [5.74, 6) is 0. The molecule has 0 aliphatic rings. The largest absolute Gasteiger partial charge is 0.249 e. The minimum absolute atomic E-state index is 0.972. The van der Waals surface area contributed by atoms with Crippen molar-refractivity contribution < 1.29 is 0 Å². The highest BCUT2D eigenvalue weighted by Crippen LogP contribution is 2.29. The highest BCUT2D eigenvalue weighted by Gasteiger charge is 2.04. The standard InChI is InChI=1S/C22H16N/c1-2-9-19(10-3-1)23-20-15-13-18(14-16-20)22-12-6-8-17-7-4-5-11-21(17)22/h1-16H. The molecule has 0 bridgehead atoms. The summed E-state index contributed by atoms with van der Waals surface area (Å²) in [7, 11) is 0. The summed E-state index contributed by atoms with van der Waals surface area (Å²) in [5, 5.41) is 7.19. The van der Waals surface area contributed by atoms with E-state index in [4.69, 9.17) is 0 Å². The zero-order valence-electron chi connectivity index (χ0n) is 12.7. The Morgan fingerprint density at radius 2 is 1.13 bits per heavy atom. The van der Waals surface area contributed by atoms with Gasteiger partial charge >= 0.3 is 0 Å². The van der Waals surface area contributed by atoms with Crippen molar-refractivity contribution >= 4 is 22.1 Å². The highest BCUT2D eigenvalue weighted by atomic mass is 14.9. The van der Waals surface area contributed by atoms with Crippen LogP contribution in [0.4, 0.5) is 11.4 Å². The van der Waals surface area contributed by atoms with E-state index in [0.29, 0.717) is 0 Å². The summed E-state index contributed by atoms with van der Waals surface area (Å²) in [6, 6.07) is 33.4. The number of hydrogen-bond acceptors (Lipinski definition) is 0. The van der Waals surface area contributed by atoms with Gasteiger partial charge in [-0.15, -0.1) is 0 Å². The Balaban J connectivity index is 1.68. The van der Waals surface area contributed by atoms with Crippen LogP contribution in [0.15, 0.2) is 97.1 Å². The molecule has 0 aliphatic carbocycles. The number of para-hydroxylation sites is 1. The number of benzene rings is 4. The third-order valence-corrected chi connectivity index (χ3v) is 3.98. The molecule has 0 atom stereocenters. The second-order valence-corrected chi connectivity index (χ2v) is 5.52. The van der Waals surface area contributed by atoms with Crippen molar-refractivity contribution in [2.75, 3.05) is 0 Å². The molecule has 0 spiro atoms. The van der Waals surface area contributed by atoms with Crippen LogP contribution in [0.25, 0.3) is 21.9 Å². The molecule has 0 unspecified atom stereocenters. The van der Waals surface area contributed by atoms with Crippen LogP contribution in [0.5, 0.6) is 0 Å². The first-order valence-corrected chi connectivity index (χ1v) is 7.75. The van der Waals surface area contributed by atoms with Crippen molar-refractivity contribution in [3.8, 4) is 11.1 Å². The molecule has 0 saturated carbocycles. The minimum atomic E-state index is 0.972. The maximum atomic E-state index is 4.64. The molecule has 0 aromatic heterocycles. The second kappa shape index (κ2) is 5.98. The van der Waals surface area contributed by atoms with Crippen molar-refractivity contribution in [3.63, 3.8) is 0 Å². The Morgan fingerprint density at radius 3 is 1.96 bits per heavy atom. The first kappa shape index (κ1) is 13.6. The maximum Gasteiger partial charge on any atom is 0.0637 e. The van der Waals surface area contributed by atoms with Crippen LogP contribution in [-0.2, 0) is 0 Å². The van der Waals surface area contributed by atoms with E-state index in [2.05, 4.69) is 72.0 Å². The summed E-state index contributed by atoms with van der Waals surface area (Å²) >= 11 is 0. The molecule has 4 rings (SSSR count). The maximum absolute atomic E-state index is 4.64. The van der Waals surface area contributed by atoms with Gasteiger partial charge in [0.25, 0.3) is 0 Å². The Labute approximate surface area is 136 Å². The number of fused-ring (bicyclic) bond motifs is 1. The van der Waals surface area contributed by atoms with E-state index < -0.39 is 0 Å². The molecular formula is C22H16N. The quantitative estimate of drug-likeness (QED) is 0.435. The van der Waals surface area contributed by atoms with Gasteiger partial charge in [0.15, 0.2) is 0 Å². The summed E-state index contributed by atoms with van der Waals surface area (Å²) in [4.78, 5) is 0. The average Bonchev–Trinajstić information content (AvgIpc) is 2.63. The normalized spacial score (nSPS) is 10.6. The van der Waals surface area contributed by atoms with Gasteiger partial charge in [-0.3, -0.25) is 0 Å². The number of nitrogens with zero attached hydrogens (tertiary/aromatic N) is 1. The molecule has 0 amide bonds. The zero-order chi connectivity index (χ0) is 15.5. The van der Waals surface area contributed by atoms with Crippen molar-refractivity contribution in [1.29, 1.82) is 0 Å². The zero-order valence-corrected chi connectivity index (χ0v) is 12.7. The third-order valence-electron chi connectivity index (χ3n) is 3.98. The Kier molecular flexibility index (Phi) is 3.53. The fourth-order valence-corrected chi connectivity index (χ4v) is 2.84. The molecule has 1 radical (unpaired) electrons. The minimum Gasteiger partial charge on any atom is -0.249 e. The van der Waals surface area contributed by atoms with Gasteiger partial charge in [-0.05, 0) is 46.2 Å². The lowest BCUT2D eigenvalue weighted by Crippen LogP contribution is -1.88. The van der Waals surface area contributed by atoms with E-state index in [9.17, 15) is 0 Å². The van der Waals surface area contributed by atoms with Crippen LogP contribution in [0.2, 0.25) is 0 Å². The Morgan fingerprint density at radius 1 is 0.478 bits per heavy atom. The van der Waals surface area contributed by atoms with E-state index in [1.807, 2.05) is 30.3 Å². The van der Waals surface area contributed by atoms with Gasteiger partial charge in [0.05, 0.1) is 11.4 Å². The van der Waals surface area contributed by atoms with Crippen LogP contribution < -0.4 is 5.32 Å². The molecule has 4 aromatic carbocycles. The van der Waals surface area contributed by atoms with E-state index in [1.165, 1.54) is 21.9 Å². The predicted molar refractivity (Wildman–Crippen MR) is 97.3 cm³/mol. The smallest absolute Gasteiger partial charge is 0.0637 e. The lowest BCUT2D eigenvalue weighted by atomic mass is 9.98. The second-order valence-electron chi connectivity index (χ2n) is 5.52. The molecule has 0 N–H and O–H groups in total. The van der Waals surface area contributed by atoms with Gasteiger partial charge in [0.1, 0.15) is 0 Å². The van der Waals surface area contributed by atoms with E-state index in [0.717, 1.165) is 11.4 Å². The topological polar surface area (TPSA) is 14.1 Å². The monoisotopic (exact) mass is 294 g/mol. The molecule has 0 aliphatic heterocycles. The number of hydrogen-bond donors (Lipinski definition) is 0. The molecule has 1 nitrogen and oxygen atoms in total. The SMILES string of the molecule is c1ccc([N]c2ccc(-c3cccc4ccccc34)cc2)cc1. The fraction of sp³-hybridized carbons (Fsp3) is 0. The molecule has 0 fully saturated rings. The molecule has 4 aromatic rings. The molecular weight excluding hydrogens is 278 g/mol. The first-order valence-electron chi connectivity index (χ1n) is 7.75. The van der Waals surface area contributed by atoms with Crippen molar-refractivity contribution in [1.82, 2.24) is 5.32 Å². The predicted octanol–water partition coefficient (Wildman–Crippen LogP) is 6.07. The Hall–Kier alpha value is -3.06. The third kappa shape index (κ3) is 2.82. The molecule has 109 valence electrons. The van der Waals surface area contributed by atoms with E-state index in [1.54, 1.807) is 0 Å². The molecule has 23 heavy (non-hydrogen) atoms. The highest BCUT2D eigenvalue weighted by molar-refractivity contribution is 5.96. The first-order chi connectivity index (χ1) is 11.4. The van der Waals surface area contributed by atoms with Crippen molar-refractivity contribution in [2.45, 2.75) is 0 Å². The summed E-state index contributed by atoms with van der Waals surface area (Å²) < 4.78 is 0. The van der Waals surface area contributed by atoms with Gasteiger partial charge < -0.3 is 0 Å². The lowest BCUT2D eigenvalue weighted by molar-refractivity contribution is 1.19. The number of rotatable bonds is 3. The summed E-state index contributed by atoms with van der Waals surface area (Å²) in [6.07, 6.45) is 0. The van der Waals surface area contributed by atoms with Crippen molar-refractivity contribution in [2.24, 2.45) is 0 Å². The van der Waals surface area contributed by atoms with Gasteiger partial charge in [0, 0.05) is 0 Å². The van der Waals surface area contributed by atoms with Crippen LogP contribution in [0.3, 0.4) is 0 Å². The lowest BCUT2D eigenvalue weighted by Gasteiger charge is -2.08. The van der Waals surface area contributed by atoms with Crippen LogP contribution in [-0.4, -0.2) is 0 Å². The van der Waals surface area contributed by atoms with Gasteiger partial charge in [-0.25, -0.2) is 5.32 Å². The van der Waals surface area contributed by atoms with Crippen LogP contribution >= 0.6 is 0 Å². The van der Waals surface area contributed by atoms with Gasteiger partial charge in [0.2, 0.25) is 0 Å². The average molecular weight is 294 g/mol. The molecule has 0 saturated heterocycles. The van der Waals surface area contributed by atoms with Crippen LogP contribution in [0, 0.1) is 0 Å². The molecule has 1 heteroatoms. The van der Waals surface area contributed by atoms with Crippen molar-refractivity contribution in [3.05, 3.63) is 97.1 Å². The summed E-state index contributed by atoms with van der Waals surface area (Å²) in [5.41, 5.74) is 4.42. The fourth-order valence-electron chi connectivity index (χ4n) is 2.84.